The normalized spacial score (nSPS) is 10.2. The summed E-state index contributed by atoms with van der Waals surface area (Å²) in [7, 11) is 0. The maximum Gasteiger partial charge on any atom is 0.224 e. The Kier molecular flexibility index (Phi) is 5.53. The summed E-state index contributed by atoms with van der Waals surface area (Å²) in [6.45, 7) is 4.07. The van der Waals surface area contributed by atoms with Gasteiger partial charge in [0.05, 0.1) is 5.69 Å². The topological polar surface area (TPSA) is 49.3 Å². The molecule has 2 N–H and O–H groups in total. The number of hydrogen-bond acceptors (Lipinski definition) is 2. The van der Waals surface area contributed by atoms with Crippen LogP contribution in [0, 0.1) is 6.92 Å². The van der Waals surface area contributed by atoms with Gasteiger partial charge in [0.1, 0.15) is 5.75 Å². The van der Waals surface area contributed by atoms with Gasteiger partial charge in [0.2, 0.25) is 5.91 Å². The second kappa shape index (κ2) is 6.94. The molecule has 3 heteroatoms. The van der Waals surface area contributed by atoms with Crippen molar-refractivity contribution in [1.29, 1.82) is 0 Å². The third-order valence-electron chi connectivity index (χ3n) is 2.68. The molecule has 0 aliphatic carbocycles. The summed E-state index contributed by atoms with van der Waals surface area (Å²) in [6, 6.07) is 5.19. The second-order valence-corrected chi connectivity index (χ2v) is 4.38. The van der Waals surface area contributed by atoms with Crippen molar-refractivity contribution in [2.45, 2.75) is 46.0 Å². The van der Waals surface area contributed by atoms with Gasteiger partial charge in [-0.1, -0.05) is 32.3 Å². The average molecular weight is 235 g/mol. The van der Waals surface area contributed by atoms with Crippen molar-refractivity contribution in [3.05, 3.63) is 23.8 Å². The molecule has 17 heavy (non-hydrogen) atoms. The molecule has 0 aliphatic rings. The molecule has 0 aliphatic heterocycles. The average Bonchev–Trinajstić information content (AvgIpc) is 2.29. The minimum Gasteiger partial charge on any atom is -0.506 e. The third kappa shape index (κ3) is 4.89. The molecule has 0 saturated carbocycles. The Morgan fingerprint density at radius 3 is 2.76 bits per heavy atom. The minimum atomic E-state index is -0.0259. The Labute approximate surface area is 103 Å². The summed E-state index contributed by atoms with van der Waals surface area (Å²) in [5.41, 5.74) is 1.52. The summed E-state index contributed by atoms with van der Waals surface area (Å²) < 4.78 is 0. The van der Waals surface area contributed by atoms with Gasteiger partial charge in [-0.25, -0.2) is 0 Å². The number of nitrogens with one attached hydrogen (secondary N) is 1. The predicted molar refractivity (Wildman–Crippen MR) is 70.2 cm³/mol. The number of rotatable bonds is 6. The van der Waals surface area contributed by atoms with Crippen LogP contribution in [0.1, 0.15) is 44.6 Å². The zero-order chi connectivity index (χ0) is 12.7. The lowest BCUT2D eigenvalue weighted by molar-refractivity contribution is -0.116. The van der Waals surface area contributed by atoms with Crippen molar-refractivity contribution < 1.29 is 9.90 Å². The largest absolute Gasteiger partial charge is 0.506 e. The summed E-state index contributed by atoms with van der Waals surface area (Å²) in [6.07, 6.45) is 4.85. The van der Waals surface area contributed by atoms with Crippen LogP contribution in [-0.2, 0) is 4.79 Å². The van der Waals surface area contributed by atoms with E-state index in [-0.39, 0.29) is 11.7 Å². The molecule has 1 rings (SSSR count). The van der Waals surface area contributed by atoms with Crippen LogP contribution in [0.15, 0.2) is 18.2 Å². The Balaban J connectivity index is 2.42. The van der Waals surface area contributed by atoms with Crippen LogP contribution in [0.4, 0.5) is 5.69 Å². The van der Waals surface area contributed by atoms with Gasteiger partial charge in [-0.2, -0.15) is 0 Å². The SMILES string of the molecule is CCCCCCC(=O)Nc1cc(C)ccc1O. The maximum atomic E-state index is 11.6. The molecule has 1 aromatic rings. The number of hydrogen-bond donors (Lipinski definition) is 2. The number of unbranched alkanes of at least 4 members (excludes halogenated alkanes) is 3. The van der Waals surface area contributed by atoms with Gasteiger partial charge in [0.15, 0.2) is 0 Å². The van der Waals surface area contributed by atoms with Crippen molar-refractivity contribution in [2.75, 3.05) is 5.32 Å². The number of phenolic OH excluding ortho intramolecular Hbond substituents is 1. The lowest BCUT2D eigenvalue weighted by Gasteiger charge is -2.08. The smallest absolute Gasteiger partial charge is 0.224 e. The standard InChI is InChI=1S/C14H21NO2/c1-3-4-5-6-7-14(17)15-12-10-11(2)8-9-13(12)16/h8-10,16H,3-7H2,1-2H3,(H,15,17). The van der Waals surface area contributed by atoms with Crippen LogP contribution in [0.25, 0.3) is 0 Å². The molecule has 0 unspecified atom stereocenters. The van der Waals surface area contributed by atoms with E-state index in [2.05, 4.69) is 12.2 Å². The molecule has 0 aromatic heterocycles. The van der Waals surface area contributed by atoms with Gasteiger partial charge in [-0.15, -0.1) is 0 Å². The zero-order valence-electron chi connectivity index (χ0n) is 10.6. The van der Waals surface area contributed by atoms with E-state index in [0.29, 0.717) is 12.1 Å². The van der Waals surface area contributed by atoms with Gasteiger partial charge in [0, 0.05) is 6.42 Å². The fraction of sp³-hybridized carbons (Fsp3) is 0.500. The number of anilines is 1. The van der Waals surface area contributed by atoms with E-state index in [1.54, 1.807) is 12.1 Å². The minimum absolute atomic E-state index is 0.0259. The van der Waals surface area contributed by atoms with Crippen LogP contribution in [0.2, 0.25) is 0 Å². The monoisotopic (exact) mass is 235 g/mol. The van der Waals surface area contributed by atoms with E-state index in [0.717, 1.165) is 18.4 Å². The number of benzene rings is 1. The highest BCUT2D eigenvalue weighted by atomic mass is 16.3. The first kappa shape index (κ1) is 13.6. The highest BCUT2D eigenvalue weighted by Crippen LogP contribution is 2.24. The fourth-order valence-corrected chi connectivity index (χ4v) is 1.68. The Bertz CT molecular complexity index is 374. The number of phenols is 1. The molecule has 0 fully saturated rings. The molecule has 0 atom stereocenters. The summed E-state index contributed by atoms with van der Waals surface area (Å²) in [5, 5.41) is 12.3. The molecule has 0 radical (unpaired) electrons. The van der Waals surface area contributed by atoms with Gasteiger partial charge < -0.3 is 10.4 Å². The highest BCUT2D eigenvalue weighted by molar-refractivity contribution is 5.92. The number of amides is 1. The van der Waals surface area contributed by atoms with E-state index in [4.69, 9.17) is 0 Å². The first-order valence-corrected chi connectivity index (χ1v) is 6.23. The first-order chi connectivity index (χ1) is 8.13. The lowest BCUT2D eigenvalue weighted by atomic mass is 10.1. The van der Waals surface area contributed by atoms with Crippen molar-refractivity contribution in [3.8, 4) is 5.75 Å². The highest BCUT2D eigenvalue weighted by Gasteiger charge is 2.06. The van der Waals surface area contributed by atoms with Gasteiger partial charge in [0.25, 0.3) is 0 Å². The van der Waals surface area contributed by atoms with Gasteiger partial charge in [-0.3, -0.25) is 4.79 Å². The summed E-state index contributed by atoms with van der Waals surface area (Å²) >= 11 is 0. The van der Waals surface area contributed by atoms with Crippen molar-refractivity contribution >= 4 is 11.6 Å². The molecular weight excluding hydrogens is 214 g/mol. The van der Waals surface area contributed by atoms with Gasteiger partial charge >= 0.3 is 0 Å². The van der Waals surface area contributed by atoms with Gasteiger partial charge in [-0.05, 0) is 31.0 Å². The van der Waals surface area contributed by atoms with E-state index in [9.17, 15) is 9.90 Å². The van der Waals surface area contributed by atoms with Crippen LogP contribution >= 0.6 is 0 Å². The molecule has 1 aromatic carbocycles. The molecule has 0 bridgehead atoms. The van der Waals surface area contributed by atoms with Crippen LogP contribution in [-0.4, -0.2) is 11.0 Å². The number of carbonyl (C=O) groups is 1. The quantitative estimate of drug-likeness (QED) is 0.584. The molecule has 1 amide bonds. The van der Waals surface area contributed by atoms with E-state index >= 15 is 0 Å². The predicted octanol–water partition coefficient (Wildman–Crippen LogP) is 3.61. The number of aromatic hydroxyl groups is 1. The van der Waals surface area contributed by atoms with E-state index < -0.39 is 0 Å². The molecular formula is C14H21NO2. The molecule has 94 valence electrons. The third-order valence-corrected chi connectivity index (χ3v) is 2.68. The fourth-order valence-electron chi connectivity index (χ4n) is 1.68. The second-order valence-electron chi connectivity index (χ2n) is 4.38. The summed E-state index contributed by atoms with van der Waals surface area (Å²) in [4.78, 5) is 11.6. The van der Waals surface area contributed by atoms with Crippen molar-refractivity contribution in [1.82, 2.24) is 0 Å². The van der Waals surface area contributed by atoms with Crippen molar-refractivity contribution in [3.63, 3.8) is 0 Å². The lowest BCUT2D eigenvalue weighted by Crippen LogP contribution is -2.11. The van der Waals surface area contributed by atoms with Crippen LogP contribution in [0.5, 0.6) is 5.75 Å². The maximum absolute atomic E-state index is 11.6. The molecule has 0 saturated heterocycles. The Morgan fingerprint density at radius 1 is 1.29 bits per heavy atom. The van der Waals surface area contributed by atoms with E-state index in [1.165, 1.54) is 12.8 Å². The van der Waals surface area contributed by atoms with E-state index in [1.807, 2.05) is 13.0 Å². The molecule has 0 spiro atoms. The Morgan fingerprint density at radius 2 is 2.06 bits per heavy atom. The Hall–Kier alpha value is -1.51. The van der Waals surface area contributed by atoms with Crippen molar-refractivity contribution in [2.24, 2.45) is 0 Å². The first-order valence-electron chi connectivity index (χ1n) is 6.23. The molecule has 0 heterocycles. The number of carbonyl (C=O) groups excluding carboxylic acids is 1. The van der Waals surface area contributed by atoms with Crippen LogP contribution in [0.3, 0.4) is 0 Å². The molecule has 3 nitrogen and oxygen atoms in total. The zero-order valence-corrected chi connectivity index (χ0v) is 10.6. The van der Waals surface area contributed by atoms with Crippen LogP contribution < -0.4 is 5.32 Å². The summed E-state index contributed by atoms with van der Waals surface area (Å²) in [5.74, 6) is 0.0968. The number of aryl methyl sites for hydroxylation is 1.